The highest BCUT2D eigenvalue weighted by atomic mass is 32.2. The second-order valence-corrected chi connectivity index (χ2v) is 4.07. The number of aromatic hydroxyl groups is 1. The quantitative estimate of drug-likeness (QED) is 0.666. The monoisotopic (exact) mass is 213 g/mol. The van der Waals surface area contributed by atoms with Gasteiger partial charge in [-0.3, -0.25) is 0 Å². The number of phenols is 1. The van der Waals surface area contributed by atoms with Crippen LogP contribution in [-0.2, 0) is 0 Å². The van der Waals surface area contributed by atoms with E-state index < -0.39 is 12.1 Å². The number of aliphatic hydroxyl groups is 1. The molecule has 0 radical (unpaired) electrons. The van der Waals surface area contributed by atoms with Gasteiger partial charge in [0.1, 0.15) is 5.75 Å². The third kappa shape index (κ3) is 2.41. The lowest BCUT2D eigenvalue weighted by atomic mass is 10.0. The molecule has 1 aromatic rings. The van der Waals surface area contributed by atoms with Crippen LogP contribution in [0.15, 0.2) is 23.1 Å². The van der Waals surface area contributed by atoms with Gasteiger partial charge >= 0.3 is 0 Å². The number of nitrogens with two attached hydrogens (primary N) is 1. The summed E-state index contributed by atoms with van der Waals surface area (Å²) in [5.74, 6) is 0.135. The number of hydrogen-bond acceptors (Lipinski definition) is 4. The first-order valence-electron chi connectivity index (χ1n) is 4.36. The predicted molar refractivity (Wildman–Crippen MR) is 58.5 cm³/mol. The molecular weight excluding hydrogens is 198 g/mol. The number of rotatable bonds is 3. The summed E-state index contributed by atoms with van der Waals surface area (Å²) in [4.78, 5) is 1.02. The van der Waals surface area contributed by atoms with Crippen LogP contribution in [0.5, 0.6) is 5.75 Å². The summed E-state index contributed by atoms with van der Waals surface area (Å²) in [6, 6.07) is 4.68. The Bertz CT molecular complexity index is 315. The fraction of sp³-hybridized carbons (Fsp3) is 0.400. The molecule has 0 aliphatic rings. The minimum absolute atomic E-state index is 0.135. The van der Waals surface area contributed by atoms with E-state index in [-0.39, 0.29) is 5.75 Å². The van der Waals surface area contributed by atoms with Gasteiger partial charge in [0.15, 0.2) is 0 Å². The van der Waals surface area contributed by atoms with Crippen LogP contribution >= 0.6 is 11.8 Å². The van der Waals surface area contributed by atoms with Crippen molar-refractivity contribution in [1.29, 1.82) is 0 Å². The molecule has 2 atom stereocenters. The van der Waals surface area contributed by atoms with Crippen molar-refractivity contribution in [1.82, 2.24) is 0 Å². The van der Waals surface area contributed by atoms with Gasteiger partial charge < -0.3 is 15.9 Å². The molecular formula is C10H15NO2S. The molecule has 0 aliphatic carbocycles. The molecule has 0 spiro atoms. The van der Waals surface area contributed by atoms with Crippen molar-refractivity contribution in [3.05, 3.63) is 23.8 Å². The van der Waals surface area contributed by atoms with Crippen LogP contribution < -0.4 is 5.73 Å². The van der Waals surface area contributed by atoms with Crippen LogP contribution in [0.3, 0.4) is 0 Å². The van der Waals surface area contributed by atoms with Crippen molar-refractivity contribution in [3.63, 3.8) is 0 Å². The Balaban J connectivity index is 3.05. The van der Waals surface area contributed by atoms with Crippen molar-refractivity contribution in [3.8, 4) is 5.75 Å². The number of benzene rings is 1. The third-order valence-corrected chi connectivity index (χ3v) is 2.84. The molecule has 0 amide bonds. The van der Waals surface area contributed by atoms with Gasteiger partial charge in [-0.15, -0.1) is 11.8 Å². The van der Waals surface area contributed by atoms with Crippen molar-refractivity contribution < 1.29 is 10.2 Å². The third-order valence-electron chi connectivity index (χ3n) is 2.11. The van der Waals surface area contributed by atoms with Crippen LogP contribution in [0.1, 0.15) is 18.5 Å². The van der Waals surface area contributed by atoms with Crippen molar-refractivity contribution in [2.75, 3.05) is 6.26 Å². The molecule has 78 valence electrons. The SMILES string of the molecule is CSc1ccc(O)c([C@@H](N)C(C)O)c1. The number of phenolic OH excluding ortho intramolecular Hbond substituents is 1. The molecule has 0 aromatic heterocycles. The molecule has 0 fully saturated rings. The lowest BCUT2D eigenvalue weighted by Gasteiger charge is -2.17. The van der Waals surface area contributed by atoms with Crippen LogP contribution in [0.4, 0.5) is 0 Å². The zero-order valence-electron chi connectivity index (χ0n) is 8.27. The molecule has 0 saturated heterocycles. The minimum Gasteiger partial charge on any atom is -0.508 e. The maximum atomic E-state index is 9.55. The first-order valence-corrected chi connectivity index (χ1v) is 5.59. The lowest BCUT2D eigenvalue weighted by molar-refractivity contribution is 0.162. The fourth-order valence-electron chi connectivity index (χ4n) is 1.19. The van der Waals surface area contributed by atoms with E-state index >= 15 is 0 Å². The standard InChI is InChI=1S/C10H15NO2S/c1-6(12)10(11)8-5-7(14-2)3-4-9(8)13/h3-6,10,12-13H,11H2,1-2H3/t6?,10-/m0/s1. The van der Waals surface area contributed by atoms with E-state index in [9.17, 15) is 10.2 Å². The van der Waals surface area contributed by atoms with E-state index in [1.807, 2.05) is 12.3 Å². The molecule has 4 N–H and O–H groups in total. The van der Waals surface area contributed by atoms with E-state index in [1.54, 1.807) is 30.8 Å². The second kappa shape index (κ2) is 4.68. The largest absolute Gasteiger partial charge is 0.508 e. The van der Waals surface area contributed by atoms with Crippen molar-refractivity contribution in [2.24, 2.45) is 5.73 Å². The van der Waals surface area contributed by atoms with Gasteiger partial charge in [-0.25, -0.2) is 0 Å². The van der Waals surface area contributed by atoms with Gasteiger partial charge in [-0.2, -0.15) is 0 Å². The van der Waals surface area contributed by atoms with E-state index in [2.05, 4.69) is 0 Å². The summed E-state index contributed by atoms with van der Waals surface area (Å²) in [6.07, 6.45) is 1.28. The molecule has 0 saturated carbocycles. The summed E-state index contributed by atoms with van der Waals surface area (Å²) >= 11 is 1.57. The maximum Gasteiger partial charge on any atom is 0.120 e. The molecule has 0 aliphatic heterocycles. The average molecular weight is 213 g/mol. The van der Waals surface area contributed by atoms with Crippen LogP contribution in [0, 0.1) is 0 Å². The topological polar surface area (TPSA) is 66.5 Å². The number of hydrogen-bond donors (Lipinski definition) is 3. The van der Waals surface area contributed by atoms with Crippen LogP contribution in [-0.4, -0.2) is 22.6 Å². The molecule has 1 aromatic carbocycles. The van der Waals surface area contributed by atoms with E-state index in [1.165, 1.54) is 0 Å². The normalized spacial score (nSPS) is 15.1. The molecule has 4 heteroatoms. The summed E-state index contributed by atoms with van der Waals surface area (Å²) < 4.78 is 0. The Labute approximate surface area is 87.9 Å². The summed E-state index contributed by atoms with van der Waals surface area (Å²) in [7, 11) is 0. The zero-order valence-corrected chi connectivity index (χ0v) is 9.08. The van der Waals surface area contributed by atoms with E-state index in [0.717, 1.165) is 4.90 Å². The molecule has 1 rings (SSSR count). The molecule has 3 nitrogen and oxygen atoms in total. The average Bonchev–Trinajstić information content (AvgIpc) is 2.17. The Morgan fingerprint density at radius 1 is 1.43 bits per heavy atom. The smallest absolute Gasteiger partial charge is 0.120 e. The first-order chi connectivity index (χ1) is 6.56. The Morgan fingerprint density at radius 3 is 2.57 bits per heavy atom. The number of thioether (sulfide) groups is 1. The van der Waals surface area contributed by atoms with Crippen molar-refractivity contribution in [2.45, 2.75) is 24.0 Å². The van der Waals surface area contributed by atoms with Gasteiger partial charge in [-0.1, -0.05) is 0 Å². The van der Waals surface area contributed by atoms with Crippen LogP contribution in [0.2, 0.25) is 0 Å². The van der Waals surface area contributed by atoms with Gasteiger partial charge in [0.25, 0.3) is 0 Å². The highest BCUT2D eigenvalue weighted by Crippen LogP contribution is 2.28. The summed E-state index contributed by atoms with van der Waals surface area (Å²) in [5, 5.41) is 18.9. The highest BCUT2D eigenvalue weighted by molar-refractivity contribution is 7.98. The Morgan fingerprint density at radius 2 is 2.07 bits per heavy atom. The Hall–Kier alpha value is -0.710. The fourth-order valence-corrected chi connectivity index (χ4v) is 1.64. The van der Waals surface area contributed by atoms with Gasteiger partial charge in [0.05, 0.1) is 12.1 Å². The molecule has 0 bridgehead atoms. The van der Waals surface area contributed by atoms with E-state index in [0.29, 0.717) is 5.56 Å². The lowest BCUT2D eigenvalue weighted by Crippen LogP contribution is -2.23. The van der Waals surface area contributed by atoms with Gasteiger partial charge in [0.2, 0.25) is 0 Å². The zero-order chi connectivity index (χ0) is 10.7. The first kappa shape index (κ1) is 11.4. The summed E-state index contributed by atoms with van der Waals surface area (Å²) in [5.41, 5.74) is 6.33. The predicted octanol–water partition coefficient (Wildman–Crippen LogP) is 1.49. The Kier molecular flexibility index (Phi) is 3.80. The minimum atomic E-state index is -0.669. The molecule has 0 heterocycles. The number of aliphatic hydroxyl groups excluding tert-OH is 1. The second-order valence-electron chi connectivity index (χ2n) is 3.19. The summed E-state index contributed by atoms with van der Waals surface area (Å²) in [6.45, 7) is 1.61. The molecule has 1 unspecified atom stereocenters. The van der Waals surface area contributed by atoms with Gasteiger partial charge in [-0.05, 0) is 31.4 Å². The van der Waals surface area contributed by atoms with Gasteiger partial charge in [0, 0.05) is 10.5 Å². The van der Waals surface area contributed by atoms with E-state index in [4.69, 9.17) is 5.73 Å². The van der Waals surface area contributed by atoms with Crippen molar-refractivity contribution >= 4 is 11.8 Å². The molecule has 14 heavy (non-hydrogen) atoms. The van der Waals surface area contributed by atoms with Crippen LogP contribution in [0.25, 0.3) is 0 Å². The highest BCUT2D eigenvalue weighted by Gasteiger charge is 2.16. The maximum absolute atomic E-state index is 9.55.